The molecule has 1 unspecified atom stereocenters. The van der Waals surface area contributed by atoms with Crippen molar-refractivity contribution in [2.24, 2.45) is 0 Å². The molecule has 5 nitrogen and oxygen atoms in total. The largest absolute Gasteiger partial charge is 0.417 e. The molecule has 0 saturated heterocycles. The standard InChI is InChI=1S/C20H22ClF3N2O3S/c1-14(8-9-15-6-4-3-5-7-15)25-19(27)13-26(2)30(28,29)16-10-11-18(21)17(12-16)20(22,23)24/h3-7,10-12,14H,8-9,13H2,1-2H3,(H,25,27). The Bertz CT molecular complexity index is 983. The lowest BCUT2D eigenvalue weighted by molar-refractivity contribution is -0.137. The van der Waals surface area contributed by atoms with Gasteiger partial charge in [0.15, 0.2) is 0 Å². The number of aryl methyl sites for hydroxylation is 1. The van der Waals surface area contributed by atoms with Gasteiger partial charge in [0, 0.05) is 13.1 Å². The number of alkyl halides is 3. The van der Waals surface area contributed by atoms with Gasteiger partial charge >= 0.3 is 6.18 Å². The van der Waals surface area contributed by atoms with Crippen LogP contribution in [0.2, 0.25) is 5.02 Å². The van der Waals surface area contributed by atoms with E-state index in [-0.39, 0.29) is 6.04 Å². The van der Waals surface area contributed by atoms with Crippen molar-refractivity contribution in [1.82, 2.24) is 9.62 Å². The van der Waals surface area contributed by atoms with Crippen molar-refractivity contribution in [1.29, 1.82) is 0 Å². The van der Waals surface area contributed by atoms with E-state index in [1.807, 2.05) is 30.3 Å². The highest BCUT2D eigenvalue weighted by Crippen LogP contribution is 2.36. The Morgan fingerprint density at radius 3 is 2.40 bits per heavy atom. The molecule has 30 heavy (non-hydrogen) atoms. The maximum atomic E-state index is 13.0. The van der Waals surface area contributed by atoms with E-state index in [1.54, 1.807) is 6.92 Å². The number of sulfonamides is 1. The van der Waals surface area contributed by atoms with Gasteiger partial charge in [-0.1, -0.05) is 41.9 Å². The Morgan fingerprint density at radius 2 is 1.80 bits per heavy atom. The molecule has 0 fully saturated rings. The van der Waals surface area contributed by atoms with Crippen LogP contribution in [0.15, 0.2) is 53.4 Å². The predicted octanol–water partition coefficient (Wildman–Crippen LogP) is 4.12. The first kappa shape index (κ1) is 24.2. The third-order valence-electron chi connectivity index (χ3n) is 4.43. The van der Waals surface area contributed by atoms with Gasteiger partial charge in [-0.25, -0.2) is 8.42 Å². The van der Waals surface area contributed by atoms with Gasteiger partial charge in [-0.3, -0.25) is 4.79 Å². The molecule has 0 aliphatic heterocycles. The molecular formula is C20H22ClF3N2O3S. The van der Waals surface area contributed by atoms with Crippen molar-refractivity contribution in [2.75, 3.05) is 13.6 Å². The predicted molar refractivity (Wildman–Crippen MR) is 109 cm³/mol. The summed E-state index contributed by atoms with van der Waals surface area (Å²) in [5, 5.41) is 2.10. The maximum absolute atomic E-state index is 13.0. The van der Waals surface area contributed by atoms with E-state index < -0.39 is 44.1 Å². The van der Waals surface area contributed by atoms with Gasteiger partial charge in [0.2, 0.25) is 15.9 Å². The van der Waals surface area contributed by atoms with Crippen LogP contribution in [0.25, 0.3) is 0 Å². The van der Waals surface area contributed by atoms with Gasteiger partial charge in [-0.2, -0.15) is 17.5 Å². The lowest BCUT2D eigenvalue weighted by Gasteiger charge is -2.20. The Labute approximate surface area is 178 Å². The highest BCUT2D eigenvalue weighted by Gasteiger charge is 2.35. The lowest BCUT2D eigenvalue weighted by atomic mass is 10.1. The summed E-state index contributed by atoms with van der Waals surface area (Å²) in [6, 6.07) is 11.8. The van der Waals surface area contributed by atoms with Crippen LogP contribution in [0.4, 0.5) is 13.2 Å². The van der Waals surface area contributed by atoms with Crippen LogP contribution in [0.5, 0.6) is 0 Å². The first-order valence-corrected chi connectivity index (χ1v) is 10.9. The number of carbonyl (C=O) groups is 1. The summed E-state index contributed by atoms with van der Waals surface area (Å²) in [7, 11) is -3.18. The average Bonchev–Trinajstić information content (AvgIpc) is 2.66. The summed E-state index contributed by atoms with van der Waals surface area (Å²) in [4.78, 5) is 11.6. The van der Waals surface area contributed by atoms with Crippen LogP contribution < -0.4 is 5.32 Å². The highest BCUT2D eigenvalue weighted by atomic mass is 35.5. The molecule has 0 radical (unpaired) electrons. The van der Waals surface area contributed by atoms with Crippen molar-refractivity contribution in [3.8, 4) is 0 Å². The molecule has 0 saturated carbocycles. The van der Waals surface area contributed by atoms with Crippen molar-refractivity contribution in [2.45, 2.75) is 36.9 Å². The SMILES string of the molecule is CC(CCc1ccccc1)NC(=O)CN(C)S(=O)(=O)c1ccc(Cl)c(C(F)(F)F)c1. The minimum Gasteiger partial charge on any atom is -0.352 e. The molecule has 2 aromatic rings. The van der Waals surface area contributed by atoms with Gasteiger partial charge < -0.3 is 5.32 Å². The zero-order chi connectivity index (χ0) is 22.5. The van der Waals surface area contributed by atoms with Crippen molar-refractivity contribution in [3.05, 3.63) is 64.7 Å². The smallest absolute Gasteiger partial charge is 0.352 e. The number of nitrogens with zero attached hydrogens (tertiary/aromatic N) is 1. The van der Waals surface area contributed by atoms with Crippen molar-refractivity contribution >= 4 is 27.5 Å². The number of nitrogens with one attached hydrogen (secondary N) is 1. The van der Waals surface area contributed by atoms with Crippen molar-refractivity contribution < 1.29 is 26.4 Å². The number of carbonyl (C=O) groups excluding carboxylic acids is 1. The summed E-state index contributed by atoms with van der Waals surface area (Å²) >= 11 is 5.53. The minimum absolute atomic E-state index is 0.207. The number of hydrogen-bond donors (Lipinski definition) is 1. The highest BCUT2D eigenvalue weighted by molar-refractivity contribution is 7.89. The van der Waals surface area contributed by atoms with E-state index in [4.69, 9.17) is 11.6 Å². The third kappa shape index (κ3) is 6.45. The molecule has 0 aromatic heterocycles. The summed E-state index contributed by atoms with van der Waals surface area (Å²) in [5.41, 5.74) is -0.140. The second-order valence-corrected chi connectivity index (χ2v) is 9.35. The molecule has 1 atom stereocenters. The fourth-order valence-electron chi connectivity index (χ4n) is 2.77. The van der Waals surface area contributed by atoms with E-state index in [9.17, 15) is 26.4 Å². The Balaban J connectivity index is 2.00. The summed E-state index contributed by atoms with van der Waals surface area (Å²) < 4.78 is 64.9. The number of halogens is 4. The van der Waals surface area contributed by atoms with Gasteiger partial charge in [-0.15, -0.1) is 0 Å². The molecule has 164 valence electrons. The van der Waals surface area contributed by atoms with Crippen LogP contribution in [0.1, 0.15) is 24.5 Å². The first-order valence-electron chi connectivity index (χ1n) is 9.07. The topological polar surface area (TPSA) is 66.5 Å². The van der Waals surface area contributed by atoms with Gasteiger partial charge in [-0.05, 0) is 43.5 Å². The van der Waals surface area contributed by atoms with Crippen LogP contribution in [0.3, 0.4) is 0 Å². The summed E-state index contributed by atoms with van der Waals surface area (Å²) in [6.07, 6.45) is -3.41. The molecule has 0 aliphatic carbocycles. The normalized spacial score (nSPS) is 13.3. The first-order chi connectivity index (χ1) is 13.9. The van der Waals surface area contributed by atoms with Crippen LogP contribution >= 0.6 is 11.6 Å². The molecular weight excluding hydrogens is 441 g/mol. The van der Waals surface area contributed by atoms with Crippen molar-refractivity contribution in [3.63, 3.8) is 0 Å². The Kier molecular flexibility index (Phi) is 7.90. The van der Waals surface area contributed by atoms with Gasteiger partial charge in [0.25, 0.3) is 0 Å². The molecule has 2 rings (SSSR count). The maximum Gasteiger partial charge on any atom is 0.417 e. The zero-order valence-electron chi connectivity index (χ0n) is 16.4. The summed E-state index contributed by atoms with van der Waals surface area (Å²) in [6.45, 7) is 1.27. The molecule has 1 amide bonds. The number of benzene rings is 2. The van der Waals surface area contributed by atoms with Crippen LogP contribution in [-0.4, -0.2) is 38.3 Å². The summed E-state index contributed by atoms with van der Waals surface area (Å²) in [5.74, 6) is -0.549. The third-order valence-corrected chi connectivity index (χ3v) is 6.56. The van der Waals surface area contributed by atoms with E-state index in [0.717, 1.165) is 31.2 Å². The van der Waals surface area contributed by atoms with Crippen LogP contribution in [0, 0.1) is 0 Å². The zero-order valence-corrected chi connectivity index (χ0v) is 18.0. The number of likely N-dealkylation sites (N-methyl/N-ethyl adjacent to an activating group) is 1. The Morgan fingerprint density at radius 1 is 1.17 bits per heavy atom. The fourth-order valence-corrected chi connectivity index (χ4v) is 4.15. The van der Waals surface area contributed by atoms with E-state index in [1.165, 1.54) is 0 Å². The molecule has 10 heteroatoms. The molecule has 0 spiro atoms. The fraction of sp³-hybridized carbons (Fsp3) is 0.350. The van der Waals surface area contributed by atoms with E-state index >= 15 is 0 Å². The second-order valence-electron chi connectivity index (χ2n) is 6.89. The van der Waals surface area contributed by atoms with E-state index in [2.05, 4.69) is 5.32 Å². The second kappa shape index (κ2) is 9.80. The average molecular weight is 463 g/mol. The molecule has 0 bridgehead atoms. The molecule has 2 aromatic carbocycles. The molecule has 1 N–H and O–H groups in total. The monoisotopic (exact) mass is 462 g/mol. The lowest BCUT2D eigenvalue weighted by Crippen LogP contribution is -2.41. The Hall–Kier alpha value is -2.10. The number of hydrogen-bond acceptors (Lipinski definition) is 3. The molecule has 0 aliphatic rings. The minimum atomic E-state index is -4.80. The molecule has 0 heterocycles. The van der Waals surface area contributed by atoms with Crippen LogP contribution in [-0.2, 0) is 27.4 Å². The number of rotatable bonds is 8. The van der Waals surface area contributed by atoms with Gasteiger partial charge in [0.1, 0.15) is 0 Å². The number of amides is 1. The van der Waals surface area contributed by atoms with Gasteiger partial charge in [0.05, 0.1) is 22.0 Å². The van der Waals surface area contributed by atoms with E-state index in [0.29, 0.717) is 16.8 Å². The quantitative estimate of drug-likeness (QED) is 0.641.